The van der Waals surface area contributed by atoms with Gasteiger partial charge in [0.1, 0.15) is 82.3 Å². The first-order chi connectivity index (χ1) is 60.1. The maximum atomic E-state index is 15.7. The number of halogens is 2. The van der Waals surface area contributed by atoms with Gasteiger partial charge in [0.15, 0.2) is 0 Å². The summed E-state index contributed by atoms with van der Waals surface area (Å²) in [5, 5.41) is 0. The Morgan fingerprint density at radius 3 is 1.22 bits per heavy atom. The van der Waals surface area contributed by atoms with Crippen molar-refractivity contribution < 1.29 is 150 Å². The fourth-order valence-corrected chi connectivity index (χ4v) is 19.5. The van der Waals surface area contributed by atoms with Crippen molar-refractivity contribution in [1.29, 1.82) is 0 Å². The first kappa shape index (κ1) is 101. The van der Waals surface area contributed by atoms with Crippen molar-refractivity contribution in [3.63, 3.8) is 0 Å². The van der Waals surface area contributed by atoms with Gasteiger partial charge >= 0.3 is 17.9 Å². The fraction of sp³-hybridized carbons (Fsp3) is 0.660. The third kappa shape index (κ3) is 23.8. The van der Waals surface area contributed by atoms with Gasteiger partial charge in [-0.15, -0.1) is 0 Å². The third-order valence-corrected chi connectivity index (χ3v) is 27.8. The number of benzene rings is 3. The Balaban J connectivity index is 0.000000185. The average molecular weight is 1890 g/mol. The second-order valence-corrected chi connectivity index (χ2v) is 40.0. The van der Waals surface area contributed by atoms with Crippen molar-refractivity contribution in [2.75, 3.05) is 41.0 Å². The fourth-order valence-electron chi connectivity index (χ4n) is 19.5. The van der Waals surface area contributed by atoms with Crippen molar-refractivity contribution in [1.82, 2.24) is 44.6 Å². The molecule has 3 amide bonds. The van der Waals surface area contributed by atoms with Gasteiger partial charge < -0.3 is 71.7 Å². The second-order valence-electron chi connectivity index (χ2n) is 40.0. The first-order valence-corrected chi connectivity index (χ1v) is 45.6. The van der Waals surface area contributed by atoms with Crippen molar-refractivity contribution in [3.8, 4) is 34.9 Å². The molecule has 10 aliphatic rings. The third-order valence-electron chi connectivity index (χ3n) is 27.8. The summed E-state index contributed by atoms with van der Waals surface area (Å²) >= 11 is 0. The quantitative estimate of drug-likeness (QED) is 0.0737. The van der Waals surface area contributed by atoms with E-state index in [1.54, 1.807) is 63.1 Å². The number of hydrogen-bond donors (Lipinski definition) is 0. The van der Waals surface area contributed by atoms with Gasteiger partial charge in [-0.2, -0.15) is 0 Å². The summed E-state index contributed by atoms with van der Waals surface area (Å²) in [5.74, 6) is -0.618. The van der Waals surface area contributed by atoms with Gasteiger partial charge in [0.2, 0.25) is 35.4 Å². The molecule has 7 fully saturated rings. The van der Waals surface area contributed by atoms with Gasteiger partial charge in [-0.3, -0.25) is 28.8 Å². The summed E-state index contributed by atoms with van der Waals surface area (Å²) in [6.07, 6.45) is 18.5. The first-order valence-electron chi connectivity index (χ1n) is 45.6. The number of carbonyl (C=O) groups excluding carboxylic acids is 9. The molecule has 32 heteroatoms. The van der Waals surface area contributed by atoms with E-state index in [0.29, 0.717) is 106 Å². The zero-order valence-corrected chi connectivity index (χ0v) is 81.0. The summed E-state index contributed by atoms with van der Waals surface area (Å²) < 4.78 is 84.3. The van der Waals surface area contributed by atoms with Crippen molar-refractivity contribution >= 4 is 87.6 Å². The molecule has 4 aliphatic carbocycles. The molecule has 6 bridgehead atoms. The summed E-state index contributed by atoms with van der Waals surface area (Å²) in [4.78, 5) is 150. The number of rotatable bonds is 9. The van der Waals surface area contributed by atoms with Crippen LogP contribution in [0, 0.1) is 63.6 Å². The molecule has 27 nitrogen and oxygen atoms in total. The molecule has 16 rings (SSSR count). The normalized spacial score (nSPS) is 30.1. The van der Waals surface area contributed by atoms with E-state index in [1.165, 1.54) is 12.8 Å². The summed E-state index contributed by atoms with van der Waals surface area (Å²) in [5.41, 5.74) is 3.13. The van der Waals surface area contributed by atoms with E-state index >= 15 is 8.78 Å². The van der Waals surface area contributed by atoms with Crippen LogP contribution in [0.1, 0.15) is 235 Å². The maximum Gasteiger partial charge on any atom is 0.307 e. The molecule has 0 spiro atoms. The molecule has 0 N–H and O–H groups in total. The molecule has 3 aromatic heterocycles. The van der Waals surface area contributed by atoms with Gasteiger partial charge in [-0.05, 0) is 173 Å². The Hall–Kier alpha value is -8.08. The SMILES string of the molecule is CC[C@@H]1[C@@H]2CN(C(=O)[C@H](C(C)(C)C)CC(=O)O[C@]3(CC4CC4)C[C@H]3CCCCCc3nc4ccc(OC)cc4nc3O2)[C@@H]1[C-]=O.COc1ccc2nc3c(nc2c1)O[C@H]1CN(C(=O)[C@H](C(C)(C)C)CC(=O)O[C@@H]2C[C@H]2CCCCC3)[C@H]([C-]=O)[C@@H]1F.COc1ccc2nc3c(nc2c1)O[C@H]1CN(C(=O)[C@H](C(C)(C)C)CC(=O)O[C@]2(C)C[C@H]2CCCCC3)[C@H]([C-]=O)[C@@H]1F.[V].[V].[V]. The Morgan fingerprint density at radius 2 is 0.822 bits per heavy atom. The number of alkyl halides is 2. The van der Waals surface area contributed by atoms with Crippen LogP contribution >= 0.6 is 0 Å². The largest absolute Gasteiger partial charge is 0.540 e. The molecule has 6 aliphatic heterocycles. The van der Waals surface area contributed by atoms with Crippen LogP contribution in [0.25, 0.3) is 33.1 Å². The molecule has 697 valence electrons. The minimum Gasteiger partial charge on any atom is -0.540 e. The molecule has 129 heavy (non-hydrogen) atoms. The van der Waals surface area contributed by atoms with Crippen LogP contribution in [-0.2, 0) is 132 Å². The number of aromatic nitrogens is 6. The molecule has 3 radical (unpaired) electrons. The van der Waals surface area contributed by atoms with Gasteiger partial charge in [0, 0.05) is 85.7 Å². The van der Waals surface area contributed by atoms with Crippen LogP contribution in [0.4, 0.5) is 8.78 Å². The van der Waals surface area contributed by atoms with Crippen LogP contribution < -0.4 is 28.4 Å². The predicted molar refractivity (Wildman–Crippen MR) is 463 cm³/mol. The van der Waals surface area contributed by atoms with Crippen molar-refractivity contribution in [2.45, 2.75) is 303 Å². The Bertz CT molecular complexity index is 5030. The number of hydrogen-bond acceptors (Lipinski definition) is 24. The number of ether oxygens (including phenoxy) is 9. The van der Waals surface area contributed by atoms with Gasteiger partial charge in [-0.1, -0.05) is 133 Å². The molecular weight excluding hydrogens is 1770 g/mol. The number of methoxy groups -OCH3 is 3. The molecular formula is C97H124F2N9O18V3-3. The Labute approximate surface area is 791 Å². The smallest absolute Gasteiger partial charge is 0.307 e. The Morgan fingerprint density at radius 1 is 0.442 bits per heavy atom. The van der Waals surface area contributed by atoms with E-state index in [1.807, 2.05) is 106 Å². The molecule has 6 aromatic rings. The van der Waals surface area contributed by atoms with Crippen molar-refractivity contribution in [2.24, 2.45) is 63.6 Å². The molecule has 3 aromatic carbocycles. The zero-order chi connectivity index (χ0) is 90.1. The van der Waals surface area contributed by atoms with Crippen LogP contribution in [0.3, 0.4) is 0 Å². The zero-order valence-electron chi connectivity index (χ0n) is 76.8. The van der Waals surface area contributed by atoms with E-state index in [-0.39, 0.29) is 142 Å². The number of nitrogens with zero attached hydrogens (tertiary/aromatic N) is 9. The summed E-state index contributed by atoms with van der Waals surface area (Å²) in [7, 11) is 4.73. The van der Waals surface area contributed by atoms with E-state index in [2.05, 4.69) is 16.3 Å². The molecule has 0 unspecified atom stereocenters. The van der Waals surface area contributed by atoms with Crippen LogP contribution in [0.2, 0.25) is 0 Å². The van der Waals surface area contributed by atoms with Crippen LogP contribution in [0.15, 0.2) is 54.6 Å². The Kier molecular flexibility index (Phi) is 33.4. The van der Waals surface area contributed by atoms with Gasteiger partial charge in [-0.25, -0.2) is 57.5 Å². The second kappa shape index (κ2) is 42.4. The van der Waals surface area contributed by atoms with Gasteiger partial charge in [0.25, 0.3) is 0 Å². The van der Waals surface area contributed by atoms with E-state index in [4.69, 9.17) is 62.6 Å². The summed E-state index contributed by atoms with van der Waals surface area (Å²) in [6, 6.07) is 12.7. The minimum atomic E-state index is -1.83. The van der Waals surface area contributed by atoms with Gasteiger partial charge in [0.05, 0.1) is 111 Å². The predicted octanol–water partition coefficient (Wildman–Crippen LogP) is 14.7. The standard InChI is InChI=1S/C36H48N3O6.C31H39FN3O6.C30H37FN3O6.3V/c1-6-25-30(21-40)39-20-31(25)44-33-28(37-27-15-14-24(43-5)16-29(27)38-33)11-9-7-8-10-23-19-36(23,18-22-12-13-22)45-32(41)17-26(34(39)42)35(2,3)4;1-30(2,3)20-14-26(37)41-31(4)15-18(31)9-7-6-8-10-22-28(34-23-13-19(39-5)11-12-21(23)33-22)40-25-16-35(29(20)38)24(17-36)27(25)32;1-30(2,3)19-14-26(36)39-24-12-17(24)8-6-5-7-9-21-28(33-22-13-18(38-4)10-11-20(22)32-21)40-25-15-34(29(19)37)23(16-35)27(25)31;;;/h14-16,22-23,25-26,30-31H,6-13,17-20H2,1-5H3;11-13,18,20,24-25,27H,6-10,14-16H2,1-5H3;10-11,13,17,19,23-25,27H,5-9,12,14-15H2,1-4H3;;;/q3*-1;;;/t23-,25+,26-,30-,31+,36-;18-,20-,24-,25+,27+,31-;17-,19-,23-,24-,25+,27+;;;/m111.../s1. The number of amides is 3. The van der Waals surface area contributed by atoms with E-state index in [9.17, 15) is 43.2 Å². The molecule has 4 saturated carbocycles. The van der Waals surface area contributed by atoms with Crippen molar-refractivity contribution in [3.05, 3.63) is 71.7 Å². The van der Waals surface area contributed by atoms with Crippen LogP contribution in [-0.4, -0.2) is 206 Å². The number of carbonyl (C=O) groups is 6. The summed E-state index contributed by atoms with van der Waals surface area (Å²) in [6.45, 7) is 20.8. The topological polar surface area (TPSA) is 324 Å². The van der Waals surface area contributed by atoms with E-state index < -0.39 is 112 Å². The minimum absolute atomic E-state index is 0. The molecule has 9 heterocycles. The number of fused-ring (bicyclic) bond motifs is 15. The monoisotopic (exact) mass is 1890 g/mol. The van der Waals surface area contributed by atoms with E-state index in [0.717, 1.165) is 124 Å². The molecule has 3 saturated heterocycles. The maximum absolute atomic E-state index is 15.7. The number of esters is 3. The molecule has 18 atom stereocenters. The number of aryl methyl sites for hydroxylation is 3. The van der Waals surface area contributed by atoms with Crippen LogP contribution in [0.5, 0.6) is 34.9 Å². The average Bonchev–Trinajstić information content (AvgIpc) is 1.59.